The molecule has 0 bridgehead atoms. The average molecular weight is 612 g/mol. The third-order valence-corrected chi connectivity index (χ3v) is 9.02. The molecule has 0 saturated carbocycles. The molecule has 2 atom stereocenters. The Bertz CT molecular complexity index is 1510. The lowest BCUT2D eigenvalue weighted by atomic mass is 9.79. The van der Waals surface area contributed by atoms with Gasteiger partial charge >= 0.3 is 13.2 Å². The topological polar surface area (TPSA) is 115 Å². The van der Waals surface area contributed by atoms with Gasteiger partial charge in [-0.25, -0.2) is 4.79 Å². The van der Waals surface area contributed by atoms with Crippen molar-refractivity contribution in [2.24, 2.45) is 5.92 Å². The maximum Gasteiger partial charge on any atom is 0.494 e. The van der Waals surface area contributed by atoms with Crippen molar-refractivity contribution in [3.8, 4) is 11.1 Å². The van der Waals surface area contributed by atoms with Crippen LogP contribution in [0.15, 0.2) is 72.8 Å². The minimum atomic E-state index is -0.893. The summed E-state index contributed by atoms with van der Waals surface area (Å²) in [5, 5.41) is 8.25. The molecule has 5 rings (SSSR count). The summed E-state index contributed by atoms with van der Waals surface area (Å²) >= 11 is 0. The predicted octanol–water partition coefficient (Wildman–Crippen LogP) is 4.99. The second kappa shape index (κ2) is 12.7. The van der Waals surface area contributed by atoms with Crippen molar-refractivity contribution in [3.63, 3.8) is 0 Å². The van der Waals surface area contributed by atoms with Gasteiger partial charge in [0, 0.05) is 11.6 Å². The third kappa shape index (κ3) is 6.77. The lowest BCUT2D eigenvalue weighted by Gasteiger charge is -2.32. The van der Waals surface area contributed by atoms with Crippen molar-refractivity contribution in [2.75, 3.05) is 11.9 Å². The summed E-state index contributed by atoms with van der Waals surface area (Å²) in [5.41, 5.74) is 4.98. The number of carbonyl (C=O) groups is 3. The van der Waals surface area contributed by atoms with Gasteiger partial charge in [0.05, 0.1) is 11.2 Å². The molecule has 1 fully saturated rings. The van der Waals surface area contributed by atoms with Crippen LogP contribution >= 0.6 is 0 Å². The molecule has 3 aromatic carbocycles. The molecular weight excluding hydrogens is 569 g/mol. The Hall–Kier alpha value is -4.15. The predicted molar refractivity (Wildman–Crippen MR) is 175 cm³/mol. The lowest BCUT2D eigenvalue weighted by Crippen LogP contribution is -2.53. The van der Waals surface area contributed by atoms with Crippen molar-refractivity contribution in [3.05, 3.63) is 83.9 Å². The monoisotopic (exact) mass is 611 g/mol. The van der Waals surface area contributed by atoms with E-state index in [9.17, 15) is 14.4 Å². The number of benzene rings is 3. The quantitative estimate of drug-likeness (QED) is 0.294. The molecule has 0 aromatic heterocycles. The molecule has 3 amide bonds. The van der Waals surface area contributed by atoms with Gasteiger partial charge in [0.1, 0.15) is 18.7 Å². The molecule has 1 heterocycles. The number of nitrogens with one attached hydrogen (secondary N) is 3. The maximum absolute atomic E-state index is 13.2. The van der Waals surface area contributed by atoms with Crippen molar-refractivity contribution < 1.29 is 28.4 Å². The van der Waals surface area contributed by atoms with Gasteiger partial charge in [0.25, 0.3) is 0 Å². The van der Waals surface area contributed by atoms with Crippen LogP contribution in [0, 0.1) is 5.92 Å². The average Bonchev–Trinajstić information content (AvgIpc) is 3.43. The zero-order chi connectivity index (χ0) is 32.5. The molecule has 1 saturated heterocycles. The van der Waals surface area contributed by atoms with Crippen LogP contribution in [0.3, 0.4) is 0 Å². The fraction of sp³-hybridized carbons (Fsp3) is 0.400. The van der Waals surface area contributed by atoms with Gasteiger partial charge in [0.2, 0.25) is 11.8 Å². The van der Waals surface area contributed by atoms with E-state index in [0.717, 1.165) is 27.7 Å². The highest BCUT2D eigenvalue weighted by Gasteiger charge is 2.51. The number of ether oxygens (including phenoxy) is 1. The van der Waals surface area contributed by atoms with Crippen molar-refractivity contribution in [1.82, 2.24) is 10.6 Å². The van der Waals surface area contributed by atoms with E-state index < -0.39 is 48.3 Å². The number of anilines is 1. The van der Waals surface area contributed by atoms with E-state index >= 15 is 0 Å². The summed E-state index contributed by atoms with van der Waals surface area (Å²) in [6.45, 7) is 13.3. The molecule has 0 spiro atoms. The van der Waals surface area contributed by atoms with Crippen molar-refractivity contribution >= 4 is 36.2 Å². The molecule has 10 heteroatoms. The van der Waals surface area contributed by atoms with Crippen LogP contribution in [-0.4, -0.2) is 54.9 Å². The first kappa shape index (κ1) is 32.3. The fourth-order valence-corrected chi connectivity index (χ4v) is 5.62. The Morgan fingerprint density at radius 3 is 1.84 bits per heavy atom. The van der Waals surface area contributed by atoms with Gasteiger partial charge in [-0.05, 0) is 80.4 Å². The SMILES string of the molecule is CC(C)C(NC(=O)OCC1c2ccccc2-c2ccccc21)C(=O)N[C@@H](C)C(=O)Nc1ccc(B2OC(C)(C)C(C)(C)O2)cc1. The normalized spacial score (nSPS) is 17.6. The van der Waals surface area contributed by atoms with Crippen LogP contribution in [0.2, 0.25) is 0 Å². The largest absolute Gasteiger partial charge is 0.494 e. The van der Waals surface area contributed by atoms with Gasteiger partial charge < -0.3 is 30.0 Å². The molecule has 3 N–H and O–H groups in total. The summed E-state index contributed by atoms with van der Waals surface area (Å²) in [6.07, 6.45) is -0.690. The van der Waals surface area contributed by atoms with E-state index in [1.54, 1.807) is 19.1 Å². The lowest BCUT2D eigenvalue weighted by molar-refractivity contribution is -0.128. The Labute approximate surface area is 265 Å². The summed E-state index contributed by atoms with van der Waals surface area (Å²) in [5.74, 6) is -1.21. The van der Waals surface area contributed by atoms with Gasteiger partial charge in [-0.15, -0.1) is 0 Å². The highest BCUT2D eigenvalue weighted by Crippen LogP contribution is 2.44. The van der Waals surface area contributed by atoms with Gasteiger partial charge in [-0.2, -0.15) is 0 Å². The zero-order valence-corrected chi connectivity index (χ0v) is 27.0. The summed E-state index contributed by atoms with van der Waals surface area (Å²) in [7, 11) is -0.505. The standard InChI is InChI=1S/C35H42BN3O6/c1-21(2)30(39-33(42)43-20-29-27-14-10-8-12-25(27)26-13-9-11-15-28(26)29)32(41)37-22(3)31(40)38-24-18-16-23(17-19-24)36-44-34(4,5)35(6,7)45-36/h8-19,21-22,29-30H,20H2,1-7H3,(H,37,41)(H,38,40)(H,39,42)/t22-,30?/m0/s1. The second-order valence-electron chi connectivity index (χ2n) is 13.1. The Kier molecular flexibility index (Phi) is 9.10. The van der Waals surface area contributed by atoms with Crippen LogP contribution in [0.5, 0.6) is 0 Å². The molecule has 9 nitrogen and oxygen atoms in total. The molecule has 0 radical (unpaired) electrons. The highest BCUT2D eigenvalue weighted by molar-refractivity contribution is 6.62. The number of rotatable bonds is 9. The van der Waals surface area contributed by atoms with Crippen LogP contribution in [0.4, 0.5) is 10.5 Å². The Balaban J connectivity index is 1.13. The van der Waals surface area contributed by atoms with E-state index in [1.165, 1.54) is 0 Å². The van der Waals surface area contributed by atoms with Gasteiger partial charge in [-0.1, -0.05) is 74.5 Å². The first-order chi connectivity index (χ1) is 21.3. The number of fused-ring (bicyclic) bond motifs is 3. The van der Waals surface area contributed by atoms with E-state index in [2.05, 4.69) is 28.1 Å². The van der Waals surface area contributed by atoms with Crippen LogP contribution in [-0.2, 0) is 23.6 Å². The van der Waals surface area contributed by atoms with Crippen LogP contribution in [0.1, 0.15) is 65.5 Å². The summed E-state index contributed by atoms with van der Waals surface area (Å²) in [6, 6.07) is 21.7. The molecule has 1 aliphatic carbocycles. The van der Waals surface area contributed by atoms with Crippen molar-refractivity contribution in [1.29, 1.82) is 0 Å². The number of carbonyl (C=O) groups excluding carboxylic acids is 3. The smallest absolute Gasteiger partial charge is 0.449 e. The van der Waals surface area contributed by atoms with E-state index in [-0.39, 0.29) is 18.4 Å². The third-order valence-electron chi connectivity index (χ3n) is 9.02. The number of hydrogen-bond donors (Lipinski definition) is 3. The van der Waals surface area contributed by atoms with E-state index in [1.807, 2.05) is 90.1 Å². The van der Waals surface area contributed by atoms with Gasteiger partial charge in [-0.3, -0.25) is 9.59 Å². The van der Waals surface area contributed by atoms with E-state index in [0.29, 0.717) is 5.69 Å². The molecule has 1 unspecified atom stereocenters. The molecule has 2 aliphatic rings. The number of amides is 3. The van der Waals surface area contributed by atoms with Gasteiger partial charge in [0.15, 0.2) is 0 Å². The van der Waals surface area contributed by atoms with E-state index in [4.69, 9.17) is 14.0 Å². The Morgan fingerprint density at radius 1 is 0.778 bits per heavy atom. The first-order valence-corrected chi connectivity index (χ1v) is 15.5. The minimum absolute atomic E-state index is 0.0934. The molecular formula is C35H42BN3O6. The first-order valence-electron chi connectivity index (χ1n) is 15.5. The molecule has 45 heavy (non-hydrogen) atoms. The highest BCUT2D eigenvalue weighted by atomic mass is 16.7. The number of hydrogen-bond acceptors (Lipinski definition) is 6. The van der Waals surface area contributed by atoms with Crippen LogP contribution in [0.25, 0.3) is 11.1 Å². The summed E-state index contributed by atoms with van der Waals surface area (Å²) < 4.78 is 17.8. The molecule has 236 valence electrons. The van der Waals surface area contributed by atoms with Crippen molar-refractivity contribution in [2.45, 2.75) is 77.7 Å². The minimum Gasteiger partial charge on any atom is -0.449 e. The fourth-order valence-electron chi connectivity index (χ4n) is 5.62. The van der Waals surface area contributed by atoms with Crippen LogP contribution < -0.4 is 21.4 Å². The summed E-state index contributed by atoms with van der Waals surface area (Å²) in [4.78, 5) is 39.0. The number of alkyl carbamates (subject to hydrolysis) is 1. The zero-order valence-electron chi connectivity index (χ0n) is 27.0. The second-order valence-corrected chi connectivity index (χ2v) is 13.1. The maximum atomic E-state index is 13.2. The molecule has 3 aromatic rings. The Morgan fingerprint density at radius 2 is 1.31 bits per heavy atom. The molecule has 1 aliphatic heterocycles.